The number of anilines is 2. The number of aryl methyl sites for hydroxylation is 1. The lowest BCUT2D eigenvalue weighted by Gasteiger charge is -2.11. The van der Waals surface area contributed by atoms with E-state index in [0.29, 0.717) is 17.7 Å². The number of amides is 2. The second kappa shape index (κ2) is 21.8. The van der Waals surface area contributed by atoms with Gasteiger partial charge in [-0.05, 0) is 67.6 Å². The average molecular weight is 904 g/mol. The Labute approximate surface area is 353 Å². The number of carbonyl (C=O) groups excluding carboxylic acids is 2. The quantitative estimate of drug-likeness (QED) is 0.0734. The van der Waals surface area contributed by atoms with Gasteiger partial charge in [0.15, 0.2) is 0 Å². The van der Waals surface area contributed by atoms with E-state index in [4.69, 9.17) is 22.4 Å². The van der Waals surface area contributed by atoms with E-state index in [1.165, 1.54) is 73.9 Å². The van der Waals surface area contributed by atoms with Gasteiger partial charge >= 0.3 is 12.1 Å². The van der Waals surface area contributed by atoms with E-state index in [1.54, 1.807) is 0 Å². The molecule has 0 aliphatic heterocycles. The zero-order chi connectivity index (χ0) is 47.2. The van der Waals surface area contributed by atoms with Gasteiger partial charge in [-0.1, -0.05) is 41.9 Å². The molecule has 5 aromatic carbocycles. The SMILES string of the molecule is Cc1cc(NC(=O)c2c(F)cccc2F)ccc1[N+](=O)[O-].O=C(Nc1ccc([N+](=O)[O-])c(C(F)(F)F)c1)c1ccccc1F.O=C(O)c1ccco1.[NH-]c1ccc([N+](=O)[O-])c(Cl)c1. The van der Waals surface area contributed by atoms with Gasteiger partial charge in [0.25, 0.3) is 28.9 Å². The third-order valence-electron chi connectivity index (χ3n) is 7.59. The zero-order valence-corrected chi connectivity index (χ0v) is 32.2. The number of furan rings is 1. The van der Waals surface area contributed by atoms with Crippen LogP contribution in [0.15, 0.2) is 120 Å². The van der Waals surface area contributed by atoms with E-state index in [0.717, 1.165) is 36.4 Å². The Bertz CT molecular complexity index is 2650. The van der Waals surface area contributed by atoms with Crippen LogP contribution in [-0.2, 0) is 6.18 Å². The molecule has 1 aromatic heterocycles. The number of carboxylic acid groups (broad SMARTS) is 1. The summed E-state index contributed by atoms with van der Waals surface area (Å²) in [4.78, 5) is 62.9. The molecule has 0 unspecified atom stereocenters. The van der Waals surface area contributed by atoms with Crippen LogP contribution < -0.4 is 10.6 Å². The van der Waals surface area contributed by atoms with Gasteiger partial charge in [-0.3, -0.25) is 39.9 Å². The predicted octanol–water partition coefficient (Wildman–Crippen LogP) is 11.3. The molecule has 0 spiro atoms. The second-order valence-electron chi connectivity index (χ2n) is 11.9. The fourth-order valence-electron chi connectivity index (χ4n) is 4.75. The van der Waals surface area contributed by atoms with E-state index in [9.17, 15) is 71.1 Å². The van der Waals surface area contributed by atoms with Crippen molar-refractivity contribution in [2.24, 2.45) is 0 Å². The Morgan fingerprint density at radius 3 is 1.68 bits per heavy atom. The topological polar surface area (TPSA) is 262 Å². The number of nitro groups is 3. The number of carbonyl (C=O) groups is 3. The van der Waals surface area contributed by atoms with Crippen LogP contribution in [-0.4, -0.2) is 37.7 Å². The smallest absolute Gasteiger partial charge is 0.423 e. The summed E-state index contributed by atoms with van der Waals surface area (Å²) in [6.45, 7) is 1.50. The van der Waals surface area contributed by atoms with Crippen LogP contribution in [0.25, 0.3) is 5.73 Å². The highest BCUT2D eigenvalue weighted by Crippen LogP contribution is 2.37. The standard InChI is InChI=1S/C14H8F4N2O3.C14H10F2N2O3.C6H4ClN2O2.C5H4O3/c15-11-4-2-1-3-9(11)13(21)19-8-5-6-12(20(22)23)10(7-8)14(16,17)18;1-8-7-9(5-6-12(8)18(20)21)17-14(19)13-10(15)3-2-4-11(13)16;7-5-3-4(8)1-2-6(5)9(10)11;6-5(7)4-2-1-3-8-4/h1-7H,(H,19,21);2-7H,1H3,(H,17,19);1-3,8H;1-3H,(H,6,7)/q;;-1;. The van der Waals surface area contributed by atoms with Crippen molar-refractivity contribution < 1.29 is 65.0 Å². The molecule has 0 atom stereocenters. The van der Waals surface area contributed by atoms with Gasteiger partial charge in [-0.2, -0.15) is 13.2 Å². The minimum absolute atomic E-state index is 0.00231. The average Bonchev–Trinajstić information content (AvgIpc) is 3.74. The Hall–Kier alpha value is -8.34. The fraction of sp³-hybridized carbons (Fsp3) is 0.0513. The van der Waals surface area contributed by atoms with Crippen LogP contribution in [0.2, 0.25) is 5.02 Å². The van der Waals surface area contributed by atoms with E-state index in [1.807, 2.05) is 0 Å². The number of carboxylic acids is 1. The lowest BCUT2D eigenvalue weighted by Crippen LogP contribution is -2.16. The summed E-state index contributed by atoms with van der Waals surface area (Å²) in [7, 11) is 0. The molecule has 6 aromatic rings. The fourth-order valence-corrected chi connectivity index (χ4v) is 5.00. The molecule has 328 valence electrons. The summed E-state index contributed by atoms with van der Waals surface area (Å²) in [6.07, 6.45) is -3.65. The van der Waals surface area contributed by atoms with Crippen LogP contribution in [0.1, 0.15) is 42.4 Å². The lowest BCUT2D eigenvalue weighted by molar-refractivity contribution is -0.388. The number of nitro benzene ring substituents is 3. The Morgan fingerprint density at radius 2 is 1.21 bits per heavy atom. The van der Waals surface area contributed by atoms with Gasteiger partial charge in [0.2, 0.25) is 5.76 Å². The van der Waals surface area contributed by atoms with E-state index < -0.39 is 73.0 Å². The van der Waals surface area contributed by atoms with E-state index in [2.05, 4.69) is 15.1 Å². The molecule has 0 fully saturated rings. The third-order valence-corrected chi connectivity index (χ3v) is 7.90. The number of benzene rings is 5. The first-order valence-electron chi connectivity index (χ1n) is 16.9. The minimum Gasteiger partial charge on any atom is -0.699 e. The molecule has 0 aliphatic carbocycles. The maximum Gasteiger partial charge on any atom is 0.423 e. The highest BCUT2D eigenvalue weighted by atomic mass is 35.5. The summed E-state index contributed by atoms with van der Waals surface area (Å²) in [5.41, 5.74) is 3.46. The van der Waals surface area contributed by atoms with Crippen molar-refractivity contribution in [3.05, 3.63) is 202 Å². The predicted molar refractivity (Wildman–Crippen MR) is 212 cm³/mol. The number of nitrogens with one attached hydrogen (secondary N) is 3. The number of hydrogen-bond donors (Lipinski definition) is 3. The number of alkyl halides is 3. The highest BCUT2D eigenvalue weighted by Gasteiger charge is 2.38. The van der Waals surface area contributed by atoms with Crippen LogP contribution in [0.4, 0.5) is 60.5 Å². The molecule has 24 heteroatoms. The second-order valence-corrected chi connectivity index (χ2v) is 12.3. The van der Waals surface area contributed by atoms with Crippen molar-refractivity contribution in [2.75, 3.05) is 10.6 Å². The zero-order valence-electron chi connectivity index (χ0n) is 31.5. The van der Waals surface area contributed by atoms with Gasteiger partial charge in [-0.15, -0.1) is 5.69 Å². The van der Waals surface area contributed by atoms with Crippen LogP contribution in [0.3, 0.4) is 0 Å². The van der Waals surface area contributed by atoms with Gasteiger partial charge in [0.05, 0.1) is 26.6 Å². The molecule has 17 nitrogen and oxygen atoms in total. The minimum atomic E-state index is -4.97. The first kappa shape index (κ1) is 49.0. The first-order valence-corrected chi connectivity index (χ1v) is 17.2. The van der Waals surface area contributed by atoms with Crippen molar-refractivity contribution in [3.8, 4) is 0 Å². The number of halogens is 7. The maximum atomic E-state index is 13.5. The van der Waals surface area contributed by atoms with Crippen LogP contribution in [0, 0.1) is 54.7 Å². The van der Waals surface area contributed by atoms with E-state index >= 15 is 0 Å². The molecule has 6 rings (SSSR count). The summed E-state index contributed by atoms with van der Waals surface area (Å²) in [6, 6.07) is 20.5. The molecule has 0 radical (unpaired) electrons. The Kier molecular flexibility index (Phi) is 16.9. The Morgan fingerprint density at radius 1 is 0.683 bits per heavy atom. The molecular weight excluding hydrogens is 878 g/mol. The molecule has 0 aliphatic rings. The maximum absolute atomic E-state index is 13.5. The third kappa shape index (κ3) is 14.1. The first-order chi connectivity index (χ1) is 29.5. The van der Waals surface area contributed by atoms with Crippen molar-refractivity contribution in [3.63, 3.8) is 0 Å². The molecule has 1 heterocycles. The molecule has 4 N–H and O–H groups in total. The molecule has 0 bridgehead atoms. The van der Waals surface area contributed by atoms with Crippen LogP contribution >= 0.6 is 11.6 Å². The van der Waals surface area contributed by atoms with Crippen molar-refractivity contribution in [2.45, 2.75) is 13.1 Å². The van der Waals surface area contributed by atoms with Crippen molar-refractivity contribution in [1.29, 1.82) is 0 Å². The Balaban J connectivity index is 0.000000241. The lowest BCUT2D eigenvalue weighted by atomic mass is 10.1. The van der Waals surface area contributed by atoms with Crippen LogP contribution in [0.5, 0.6) is 0 Å². The highest BCUT2D eigenvalue weighted by molar-refractivity contribution is 6.32. The normalized spacial score (nSPS) is 10.3. The summed E-state index contributed by atoms with van der Waals surface area (Å²) in [5, 5.41) is 44.1. The largest absolute Gasteiger partial charge is 0.699 e. The van der Waals surface area contributed by atoms with E-state index in [-0.39, 0.29) is 44.8 Å². The van der Waals surface area contributed by atoms with Crippen molar-refractivity contribution >= 4 is 63.5 Å². The summed E-state index contributed by atoms with van der Waals surface area (Å²) >= 11 is 5.46. The molecule has 63 heavy (non-hydrogen) atoms. The summed E-state index contributed by atoms with van der Waals surface area (Å²) < 4.78 is 83.4. The van der Waals surface area contributed by atoms with Gasteiger partial charge in [-0.25, -0.2) is 18.0 Å². The number of hydrogen-bond acceptors (Lipinski definition) is 10. The number of nitrogens with zero attached hydrogens (tertiary/aromatic N) is 3. The van der Waals surface area contributed by atoms with Gasteiger partial charge < -0.3 is 25.9 Å². The molecule has 0 saturated carbocycles. The molecule has 0 saturated heterocycles. The molecular formula is C39H26ClF6N6O11-. The monoisotopic (exact) mass is 903 g/mol. The number of aromatic carboxylic acids is 1. The van der Waals surface area contributed by atoms with Gasteiger partial charge in [0.1, 0.15) is 33.6 Å². The van der Waals surface area contributed by atoms with Gasteiger partial charge in [0, 0.05) is 35.1 Å². The number of rotatable bonds is 8. The molecule has 2 amide bonds. The summed E-state index contributed by atoms with van der Waals surface area (Å²) in [5.74, 6) is -5.79. The van der Waals surface area contributed by atoms with Crippen molar-refractivity contribution in [1.82, 2.24) is 0 Å².